The van der Waals surface area contributed by atoms with E-state index >= 15 is 0 Å². The van der Waals surface area contributed by atoms with Gasteiger partial charge in [-0.15, -0.1) is 0 Å². The summed E-state index contributed by atoms with van der Waals surface area (Å²) in [6.45, 7) is 0.356. The molecule has 0 heterocycles. The van der Waals surface area contributed by atoms with Gasteiger partial charge in [0.05, 0.1) is 6.10 Å². The highest BCUT2D eigenvalue weighted by atomic mass is 16.3. The predicted octanol–water partition coefficient (Wildman–Crippen LogP) is 0.132. The van der Waals surface area contributed by atoms with E-state index in [1.165, 1.54) is 19.3 Å². The third-order valence-corrected chi connectivity index (χ3v) is 1.97. The van der Waals surface area contributed by atoms with Gasteiger partial charge in [-0.3, -0.25) is 4.79 Å². The molecule has 0 spiro atoms. The van der Waals surface area contributed by atoms with Crippen LogP contribution in [0.1, 0.15) is 38.5 Å². The molecule has 1 saturated carbocycles. The van der Waals surface area contributed by atoms with Crippen molar-refractivity contribution < 1.29 is 9.90 Å². The zero-order valence-corrected chi connectivity index (χ0v) is 8.04. The van der Waals surface area contributed by atoms with Crippen molar-refractivity contribution in [3.8, 4) is 0 Å². The van der Waals surface area contributed by atoms with Gasteiger partial charge in [-0.25, -0.2) is 0 Å². The van der Waals surface area contributed by atoms with Gasteiger partial charge in [0, 0.05) is 13.0 Å². The van der Waals surface area contributed by atoms with Crippen LogP contribution in [0.2, 0.25) is 0 Å². The predicted molar refractivity (Wildman–Crippen MR) is 52.0 cm³/mol. The number of primary amides is 1. The molecule has 0 saturated heterocycles. The van der Waals surface area contributed by atoms with Gasteiger partial charge in [-0.2, -0.15) is 0 Å². The van der Waals surface area contributed by atoms with Gasteiger partial charge in [-0.05, 0) is 12.8 Å². The molecule has 1 fully saturated rings. The van der Waals surface area contributed by atoms with Crippen LogP contribution in [0.15, 0.2) is 0 Å². The summed E-state index contributed by atoms with van der Waals surface area (Å²) < 4.78 is 0. The maximum Gasteiger partial charge on any atom is 0.218 e. The van der Waals surface area contributed by atoms with Crippen LogP contribution in [0.3, 0.4) is 0 Å². The molecular formula is C9H20N2O2. The Labute approximate surface area is 79.3 Å². The Balaban J connectivity index is 0.000000226. The first-order valence-corrected chi connectivity index (χ1v) is 4.83. The van der Waals surface area contributed by atoms with E-state index in [4.69, 9.17) is 10.8 Å². The lowest BCUT2D eigenvalue weighted by molar-refractivity contribution is -0.117. The van der Waals surface area contributed by atoms with Gasteiger partial charge in [0.15, 0.2) is 0 Å². The Bertz CT molecular complexity index is 134. The lowest BCUT2D eigenvalue weighted by Crippen LogP contribution is -2.15. The molecule has 0 atom stereocenters. The Kier molecular flexibility index (Phi) is 7.63. The van der Waals surface area contributed by atoms with Crippen molar-refractivity contribution in [1.29, 1.82) is 0 Å². The van der Waals surface area contributed by atoms with E-state index in [0.717, 1.165) is 12.8 Å². The Morgan fingerprint density at radius 2 is 1.85 bits per heavy atom. The molecule has 5 N–H and O–H groups in total. The number of nitrogens with two attached hydrogens (primary N) is 2. The average molecular weight is 188 g/mol. The van der Waals surface area contributed by atoms with Gasteiger partial charge < -0.3 is 16.6 Å². The number of aliphatic hydroxyl groups excluding tert-OH is 1. The Morgan fingerprint density at radius 3 is 2.00 bits per heavy atom. The van der Waals surface area contributed by atoms with Crippen molar-refractivity contribution in [2.24, 2.45) is 11.5 Å². The normalized spacial score (nSPS) is 17.4. The first-order valence-electron chi connectivity index (χ1n) is 4.83. The number of amides is 1. The quantitative estimate of drug-likeness (QED) is 0.575. The highest BCUT2D eigenvalue weighted by Gasteiger charge is 2.07. The SMILES string of the molecule is NCCC(N)=O.OC1CCCCC1. The summed E-state index contributed by atoms with van der Waals surface area (Å²) in [7, 11) is 0. The fourth-order valence-electron chi connectivity index (χ4n) is 1.22. The fourth-order valence-corrected chi connectivity index (χ4v) is 1.22. The van der Waals surface area contributed by atoms with Crippen molar-refractivity contribution in [3.05, 3.63) is 0 Å². The topological polar surface area (TPSA) is 89.3 Å². The van der Waals surface area contributed by atoms with Crippen LogP contribution < -0.4 is 11.5 Å². The molecule has 0 unspecified atom stereocenters. The molecule has 13 heavy (non-hydrogen) atoms. The molecule has 0 bridgehead atoms. The summed E-state index contributed by atoms with van der Waals surface area (Å²) in [4.78, 5) is 9.74. The monoisotopic (exact) mass is 188 g/mol. The second-order valence-corrected chi connectivity index (χ2v) is 3.30. The van der Waals surface area contributed by atoms with Crippen LogP contribution in [-0.2, 0) is 4.79 Å². The minimum Gasteiger partial charge on any atom is -0.393 e. The van der Waals surface area contributed by atoms with Gasteiger partial charge in [0.2, 0.25) is 5.91 Å². The molecule has 1 aliphatic carbocycles. The average Bonchev–Trinajstić information content (AvgIpc) is 2.06. The van der Waals surface area contributed by atoms with E-state index < -0.39 is 0 Å². The largest absolute Gasteiger partial charge is 0.393 e. The molecule has 1 amide bonds. The number of rotatable bonds is 2. The van der Waals surface area contributed by atoms with Crippen LogP contribution >= 0.6 is 0 Å². The van der Waals surface area contributed by atoms with Crippen molar-refractivity contribution in [3.63, 3.8) is 0 Å². The zero-order chi connectivity index (χ0) is 10.1. The first kappa shape index (κ1) is 12.4. The fraction of sp³-hybridized carbons (Fsp3) is 0.889. The van der Waals surface area contributed by atoms with Crippen LogP contribution in [0, 0.1) is 0 Å². The summed E-state index contributed by atoms with van der Waals surface area (Å²) in [5.41, 5.74) is 9.61. The van der Waals surface area contributed by atoms with E-state index in [0.29, 0.717) is 13.0 Å². The summed E-state index contributed by atoms with van der Waals surface area (Å²) in [6, 6.07) is 0. The van der Waals surface area contributed by atoms with Crippen LogP contribution in [-0.4, -0.2) is 23.7 Å². The second-order valence-electron chi connectivity index (χ2n) is 3.30. The van der Waals surface area contributed by atoms with Crippen molar-refractivity contribution in [1.82, 2.24) is 0 Å². The van der Waals surface area contributed by atoms with E-state index in [2.05, 4.69) is 5.73 Å². The zero-order valence-electron chi connectivity index (χ0n) is 8.04. The Morgan fingerprint density at radius 1 is 1.31 bits per heavy atom. The summed E-state index contributed by atoms with van der Waals surface area (Å²) >= 11 is 0. The van der Waals surface area contributed by atoms with Crippen LogP contribution in [0.25, 0.3) is 0 Å². The van der Waals surface area contributed by atoms with E-state index in [-0.39, 0.29) is 12.0 Å². The minimum absolute atomic E-state index is 0.0359. The number of carbonyl (C=O) groups is 1. The molecule has 0 radical (unpaired) electrons. The molecule has 78 valence electrons. The number of hydrogen-bond acceptors (Lipinski definition) is 3. The number of aliphatic hydroxyl groups is 1. The van der Waals surface area contributed by atoms with Crippen LogP contribution in [0.4, 0.5) is 0 Å². The van der Waals surface area contributed by atoms with E-state index in [1.54, 1.807) is 0 Å². The molecule has 0 aromatic rings. The van der Waals surface area contributed by atoms with Gasteiger partial charge in [0.1, 0.15) is 0 Å². The highest BCUT2D eigenvalue weighted by molar-refractivity contribution is 5.73. The van der Waals surface area contributed by atoms with Crippen molar-refractivity contribution in [2.45, 2.75) is 44.6 Å². The van der Waals surface area contributed by atoms with E-state index in [1.807, 2.05) is 0 Å². The first-order chi connectivity index (χ1) is 6.16. The van der Waals surface area contributed by atoms with Crippen molar-refractivity contribution >= 4 is 5.91 Å². The van der Waals surface area contributed by atoms with Gasteiger partial charge in [0.25, 0.3) is 0 Å². The molecule has 1 aliphatic rings. The van der Waals surface area contributed by atoms with Gasteiger partial charge >= 0.3 is 0 Å². The molecule has 1 rings (SSSR count). The van der Waals surface area contributed by atoms with Crippen LogP contribution in [0.5, 0.6) is 0 Å². The molecule has 0 aromatic carbocycles. The second kappa shape index (κ2) is 8.01. The number of carbonyl (C=O) groups excluding carboxylic acids is 1. The van der Waals surface area contributed by atoms with E-state index in [9.17, 15) is 4.79 Å². The lowest BCUT2D eigenvalue weighted by Gasteiger charge is -2.14. The highest BCUT2D eigenvalue weighted by Crippen LogP contribution is 2.16. The van der Waals surface area contributed by atoms with Gasteiger partial charge in [-0.1, -0.05) is 19.3 Å². The lowest BCUT2D eigenvalue weighted by atomic mass is 9.98. The molecule has 0 aromatic heterocycles. The van der Waals surface area contributed by atoms with Crippen molar-refractivity contribution in [2.75, 3.05) is 6.54 Å². The summed E-state index contributed by atoms with van der Waals surface area (Å²) in [6.07, 6.45) is 6.22. The summed E-state index contributed by atoms with van der Waals surface area (Å²) in [5.74, 6) is -0.336. The molecular weight excluding hydrogens is 168 g/mol. The Hall–Kier alpha value is -0.610. The summed E-state index contributed by atoms with van der Waals surface area (Å²) in [5, 5.41) is 8.91. The molecule has 4 heteroatoms. The maximum absolute atomic E-state index is 9.74. The molecule has 4 nitrogen and oxygen atoms in total. The maximum atomic E-state index is 9.74. The molecule has 0 aliphatic heterocycles. The minimum atomic E-state index is -0.336. The smallest absolute Gasteiger partial charge is 0.218 e. The third-order valence-electron chi connectivity index (χ3n) is 1.97. The number of hydrogen-bond donors (Lipinski definition) is 3. The third kappa shape index (κ3) is 9.30. The standard InChI is InChI=1S/C6H12O.C3H8N2O/c7-6-4-2-1-3-5-6;4-2-1-3(5)6/h6-7H,1-5H2;1-2,4H2,(H2,5,6).